The van der Waals surface area contributed by atoms with E-state index in [9.17, 15) is 9.90 Å². The smallest absolute Gasteiger partial charge is 0.176 e. The number of phenolic OH excluding ortho intramolecular Hbond substituents is 1. The highest BCUT2D eigenvalue weighted by Gasteiger charge is 2.32. The lowest BCUT2D eigenvalue weighted by Crippen LogP contribution is -2.27. The highest BCUT2D eigenvalue weighted by molar-refractivity contribution is 6.32. The number of carbonyl (C=O) groups is 1. The van der Waals surface area contributed by atoms with E-state index in [0.717, 1.165) is 65.4 Å². The van der Waals surface area contributed by atoms with Crippen LogP contribution in [0.3, 0.4) is 0 Å². The molecule has 3 aromatic rings. The summed E-state index contributed by atoms with van der Waals surface area (Å²) in [7, 11) is 5.78. The number of halogens is 1. The van der Waals surface area contributed by atoms with E-state index in [-0.39, 0.29) is 16.6 Å². The molecule has 1 saturated carbocycles. The molecule has 0 saturated heterocycles. The maximum absolute atomic E-state index is 13.6. The Morgan fingerprint density at radius 2 is 1.81 bits per heavy atom. The van der Waals surface area contributed by atoms with Gasteiger partial charge in [-0.05, 0) is 92.6 Å². The van der Waals surface area contributed by atoms with Gasteiger partial charge >= 0.3 is 0 Å². The van der Waals surface area contributed by atoms with Crippen LogP contribution in [0.25, 0.3) is 22.0 Å². The molecule has 1 heterocycles. The van der Waals surface area contributed by atoms with E-state index in [1.54, 1.807) is 18.3 Å². The van der Waals surface area contributed by atoms with Crippen molar-refractivity contribution in [1.82, 2.24) is 9.88 Å². The zero-order valence-electron chi connectivity index (χ0n) is 22.2. The topological polar surface area (TPSA) is 62.7 Å². The molecule has 0 aliphatic heterocycles. The Balaban J connectivity index is 1.85. The first-order valence-corrected chi connectivity index (χ1v) is 13.1. The fourth-order valence-electron chi connectivity index (χ4n) is 5.46. The standard InChI is InChI=1S/C30H37ClN2O3/c1-30(2,3)29(35)23-16-32-25-12-11-20(21-14-24(31)28(34)26(15-21)36-6)13-22(25)27(23)19-9-7-18(8-10-19)17-33(4)5/h11-16,18-19,34H,7-10,17H2,1-6H3. The monoisotopic (exact) mass is 508 g/mol. The van der Waals surface area contributed by atoms with Gasteiger partial charge in [-0.3, -0.25) is 9.78 Å². The molecule has 0 amide bonds. The van der Waals surface area contributed by atoms with E-state index >= 15 is 0 Å². The molecular weight excluding hydrogens is 472 g/mol. The number of hydrogen-bond donors (Lipinski definition) is 1. The first-order chi connectivity index (χ1) is 17.0. The van der Waals surface area contributed by atoms with Gasteiger partial charge in [0.2, 0.25) is 0 Å². The van der Waals surface area contributed by atoms with Crippen molar-refractivity contribution < 1.29 is 14.6 Å². The normalized spacial score (nSPS) is 18.6. The van der Waals surface area contributed by atoms with Crippen LogP contribution in [-0.4, -0.2) is 48.5 Å². The SMILES string of the molecule is COc1cc(-c2ccc3ncc(C(=O)C(C)(C)C)c(C4CCC(CN(C)C)CC4)c3c2)cc(Cl)c1O. The Kier molecular flexibility index (Phi) is 7.63. The molecular formula is C30H37ClN2O3. The van der Waals surface area contributed by atoms with Gasteiger partial charge in [-0.1, -0.05) is 38.4 Å². The van der Waals surface area contributed by atoms with Crippen molar-refractivity contribution in [3.8, 4) is 22.6 Å². The van der Waals surface area contributed by atoms with Crippen LogP contribution < -0.4 is 4.74 Å². The summed E-state index contributed by atoms with van der Waals surface area (Å²) in [5, 5.41) is 11.4. The fourth-order valence-corrected chi connectivity index (χ4v) is 5.67. The molecule has 1 aliphatic rings. The van der Waals surface area contributed by atoms with Gasteiger partial charge in [0.15, 0.2) is 17.3 Å². The van der Waals surface area contributed by atoms with Crippen molar-refractivity contribution in [2.75, 3.05) is 27.7 Å². The molecule has 0 atom stereocenters. The number of rotatable bonds is 6. The zero-order chi connectivity index (χ0) is 26.2. The van der Waals surface area contributed by atoms with Gasteiger partial charge in [-0.25, -0.2) is 0 Å². The van der Waals surface area contributed by atoms with Gasteiger partial charge in [-0.15, -0.1) is 0 Å². The molecule has 1 fully saturated rings. The summed E-state index contributed by atoms with van der Waals surface area (Å²) in [6, 6.07) is 9.65. The molecule has 192 valence electrons. The third-order valence-electron chi connectivity index (χ3n) is 7.30. The Morgan fingerprint density at radius 1 is 1.11 bits per heavy atom. The zero-order valence-corrected chi connectivity index (χ0v) is 22.9. The number of fused-ring (bicyclic) bond motifs is 1. The number of carbonyl (C=O) groups excluding carboxylic acids is 1. The molecule has 1 aromatic heterocycles. The maximum atomic E-state index is 13.6. The number of phenols is 1. The summed E-state index contributed by atoms with van der Waals surface area (Å²) in [6.45, 7) is 7.01. The van der Waals surface area contributed by atoms with Crippen molar-refractivity contribution in [2.24, 2.45) is 11.3 Å². The van der Waals surface area contributed by atoms with E-state index < -0.39 is 5.41 Å². The average Bonchev–Trinajstić information content (AvgIpc) is 2.83. The Bertz CT molecular complexity index is 1270. The van der Waals surface area contributed by atoms with Crippen LogP contribution in [0, 0.1) is 11.3 Å². The molecule has 6 heteroatoms. The summed E-state index contributed by atoms with van der Waals surface area (Å²) in [6.07, 6.45) is 6.22. The first-order valence-electron chi connectivity index (χ1n) is 12.7. The van der Waals surface area contributed by atoms with Gasteiger partial charge in [0.1, 0.15) is 0 Å². The van der Waals surface area contributed by atoms with Crippen molar-refractivity contribution in [1.29, 1.82) is 0 Å². The van der Waals surface area contributed by atoms with E-state index in [4.69, 9.17) is 21.3 Å². The molecule has 0 spiro atoms. The molecule has 1 N–H and O–H groups in total. The average molecular weight is 509 g/mol. The molecule has 1 aliphatic carbocycles. The quantitative estimate of drug-likeness (QED) is 0.353. The molecule has 36 heavy (non-hydrogen) atoms. The molecule has 0 bridgehead atoms. The van der Waals surface area contributed by atoms with E-state index in [0.29, 0.717) is 17.6 Å². The number of nitrogens with zero attached hydrogens (tertiary/aromatic N) is 2. The number of hydrogen-bond acceptors (Lipinski definition) is 5. The number of methoxy groups -OCH3 is 1. The van der Waals surface area contributed by atoms with Gasteiger partial charge in [0.05, 0.1) is 17.6 Å². The number of ketones is 1. The summed E-state index contributed by atoms with van der Waals surface area (Å²) in [5.74, 6) is 1.38. The third kappa shape index (κ3) is 5.37. The summed E-state index contributed by atoms with van der Waals surface area (Å²) < 4.78 is 5.32. The van der Waals surface area contributed by atoms with Crippen LogP contribution in [0.1, 0.15) is 68.3 Å². The van der Waals surface area contributed by atoms with Crippen LogP contribution in [0.2, 0.25) is 5.02 Å². The van der Waals surface area contributed by atoms with Crippen molar-refractivity contribution >= 4 is 28.3 Å². The Morgan fingerprint density at radius 3 is 2.42 bits per heavy atom. The van der Waals surface area contributed by atoms with Gasteiger partial charge in [-0.2, -0.15) is 0 Å². The predicted octanol–water partition coefficient (Wildman–Crippen LogP) is 7.33. The largest absolute Gasteiger partial charge is 0.503 e. The number of pyridine rings is 1. The highest BCUT2D eigenvalue weighted by atomic mass is 35.5. The number of ether oxygens (including phenoxy) is 1. The lowest BCUT2D eigenvalue weighted by Gasteiger charge is -2.32. The fraction of sp³-hybridized carbons (Fsp3) is 0.467. The van der Waals surface area contributed by atoms with Crippen LogP contribution in [0.4, 0.5) is 0 Å². The van der Waals surface area contributed by atoms with Crippen LogP contribution in [0.15, 0.2) is 36.5 Å². The predicted molar refractivity (Wildman–Crippen MR) is 147 cm³/mol. The Labute approximate surface area is 219 Å². The summed E-state index contributed by atoms with van der Waals surface area (Å²) in [4.78, 5) is 20.6. The van der Waals surface area contributed by atoms with Crippen LogP contribution >= 0.6 is 11.6 Å². The minimum atomic E-state index is -0.498. The highest BCUT2D eigenvalue weighted by Crippen LogP contribution is 2.43. The molecule has 5 nitrogen and oxygen atoms in total. The van der Waals surface area contributed by atoms with Gasteiger partial charge in [0, 0.05) is 29.1 Å². The second-order valence-corrected chi connectivity index (χ2v) is 11.8. The maximum Gasteiger partial charge on any atom is 0.176 e. The molecule has 0 unspecified atom stereocenters. The van der Waals surface area contributed by atoms with Crippen LogP contribution in [-0.2, 0) is 0 Å². The second kappa shape index (κ2) is 10.4. The van der Waals surface area contributed by atoms with Crippen LogP contribution in [0.5, 0.6) is 11.5 Å². The number of aromatic nitrogens is 1. The third-order valence-corrected chi connectivity index (χ3v) is 7.58. The van der Waals surface area contributed by atoms with E-state index in [1.807, 2.05) is 32.9 Å². The first kappa shape index (κ1) is 26.4. The minimum absolute atomic E-state index is 0.0707. The number of aromatic hydroxyl groups is 1. The lowest BCUT2D eigenvalue weighted by molar-refractivity contribution is 0.0856. The summed E-state index contributed by atoms with van der Waals surface area (Å²) in [5.41, 5.74) is 4.02. The molecule has 4 rings (SSSR count). The van der Waals surface area contributed by atoms with Crippen molar-refractivity contribution in [3.63, 3.8) is 0 Å². The minimum Gasteiger partial charge on any atom is -0.503 e. The summed E-state index contributed by atoms with van der Waals surface area (Å²) >= 11 is 6.30. The lowest BCUT2D eigenvalue weighted by atomic mass is 9.74. The molecule has 0 radical (unpaired) electrons. The second-order valence-electron chi connectivity index (χ2n) is 11.4. The van der Waals surface area contributed by atoms with E-state index in [2.05, 4.69) is 25.1 Å². The van der Waals surface area contributed by atoms with Gasteiger partial charge < -0.3 is 14.7 Å². The number of Topliss-reactive ketones (excluding diaryl/α,β-unsaturated/α-hetero) is 1. The number of benzene rings is 2. The Hall–Kier alpha value is -2.63. The van der Waals surface area contributed by atoms with Crippen molar-refractivity contribution in [2.45, 2.75) is 52.4 Å². The van der Waals surface area contributed by atoms with Crippen molar-refractivity contribution in [3.05, 3.63) is 52.7 Å². The molecule has 2 aromatic carbocycles. The van der Waals surface area contributed by atoms with Gasteiger partial charge in [0.25, 0.3) is 0 Å². The van der Waals surface area contributed by atoms with E-state index in [1.165, 1.54) is 7.11 Å².